The summed E-state index contributed by atoms with van der Waals surface area (Å²) in [4.78, 5) is 50.5. The number of carbonyl (C=O) groups excluding carboxylic acids is 4. The highest BCUT2D eigenvalue weighted by Crippen LogP contribution is 2.59. The number of Topliss-reactive ketones (excluding diaryl/α,β-unsaturated/α-hetero) is 1. The van der Waals surface area contributed by atoms with Crippen LogP contribution in [0.4, 0.5) is 0 Å². The maximum Gasteiger partial charge on any atom is 0.313 e. The van der Waals surface area contributed by atoms with E-state index in [4.69, 9.17) is 9.26 Å². The minimum absolute atomic E-state index is 0.0593. The van der Waals surface area contributed by atoms with Crippen LogP contribution in [-0.2, 0) is 23.4 Å². The molecule has 1 saturated heterocycles. The summed E-state index contributed by atoms with van der Waals surface area (Å²) in [6.45, 7) is 2.80. The van der Waals surface area contributed by atoms with Crippen LogP contribution in [0.3, 0.4) is 0 Å². The number of ketones is 1. The molecule has 0 aliphatic carbocycles. The van der Waals surface area contributed by atoms with Crippen molar-refractivity contribution in [2.45, 2.75) is 32.1 Å². The molecule has 1 fully saturated rings. The summed E-state index contributed by atoms with van der Waals surface area (Å²) in [7, 11) is -3.59. The molecule has 0 bridgehead atoms. The molecule has 3 atom stereocenters. The first-order valence-corrected chi connectivity index (χ1v) is 11.5. The Balaban J connectivity index is 1.79. The predicted octanol–water partition coefficient (Wildman–Crippen LogP) is 1.86. The van der Waals surface area contributed by atoms with E-state index in [1.54, 1.807) is 26.0 Å². The lowest BCUT2D eigenvalue weighted by Gasteiger charge is -2.18. The van der Waals surface area contributed by atoms with Gasteiger partial charge in [-0.1, -0.05) is 12.1 Å². The number of benzene rings is 1. The number of esters is 1. The molecule has 10 nitrogen and oxygen atoms in total. The Morgan fingerprint density at radius 2 is 1.77 bits per heavy atom. The lowest BCUT2D eigenvalue weighted by Crippen LogP contribution is -2.42. The standard InChI is InChI=1S/C19H22N3O7P/c1-3-28-17(24)9-16-22(20)14(11-30(16,27)29-4-2)15(23)10-21-18(25)12-7-5-6-8-13(12)19(21)26/h5-8,14,16H,3-4,9-11H2,1-2H3. The van der Waals surface area contributed by atoms with E-state index in [9.17, 15) is 29.3 Å². The van der Waals surface area contributed by atoms with Crippen LogP contribution in [0.5, 0.6) is 0 Å². The SMILES string of the molecule is CCOC(=O)CC1[N+](=[N-])C(C(=O)CN2C(=O)c3ccccc3C2=O)CP1(=O)OCC. The molecule has 0 N–H and O–H groups in total. The second kappa shape index (κ2) is 8.57. The first-order chi connectivity index (χ1) is 14.2. The van der Waals surface area contributed by atoms with Crippen molar-refractivity contribution in [3.05, 3.63) is 40.9 Å². The van der Waals surface area contributed by atoms with Gasteiger partial charge in [-0.15, -0.1) is 0 Å². The van der Waals surface area contributed by atoms with E-state index in [1.165, 1.54) is 12.1 Å². The second-order valence-corrected chi connectivity index (χ2v) is 9.59. The number of nitrogens with zero attached hydrogens (tertiary/aromatic N) is 3. The van der Waals surface area contributed by atoms with Crippen molar-refractivity contribution >= 4 is 30.9 Å². The van der Waals surface area contributed by atoms with Gasteiger partial charge < -0.3 is 19.5 Å². The first-order valence-electron chi connectivity index (χ1n) is 9.57. The molecular formula is C19H22N3O7P. The lowest BCUT2D eigenvalue weighted by atomic mass is 10.1. The highest BCUT2D eigenvalue weighted by Gasteiger charge is 2.56. The van der Waals surface area contributed by atoms with Gasteiger partial charge in [0, 0.05) is 0 Å². The number of amides is 2. The highest BCUT2D eigenvalue weighted by molar-refractivity contribution is 7.59. The van der Waals surface area contributed by atoms with Gasteiger partial charge in [-0.05, 0) is 26.0 Å². The zero-order valence-corrected chi connectivity index (χ0v) is 17.5. The Morgan fingerprint density at radius 3 is 2.30 bits per heavy atom. The van der Waals surface area contributed by atoms with Crippen LogP contribution in [0.1, 0.15) is 41.0 Å². The molecule has 3 unspecified atom stereocenters. The van der Waals surface area contributed by atoms with E-state index in [1.807, 2.05) is 0 Å². The number of carbonyl (C=O) groups is 4. The van der Waals surface area contributed by atoms with Crippen molar-refractivity contribution in [3.8, 4) is 0 Å². The highest BCUT2D eigenvalue weighted by atomic mass is 31.2. The molecule has 0 radical (unpaired) electrons. The van der Waals surface area contributed by atoms with Crippen LogP contribution in [-0.4, -0.2) is 70.9 Å². The minimum Gasteiger partial charge on any atom is -0.505 e. The monoisotopic (exact) mass is 435 g/mol. The van der Waals surface area contributed by atoms with Gasteiger partial charge in [0.15, 0.2) is 0 Å². The third-order valence-electron chi connectivity index (χ3n) is 5.07. The van der Waals surface area contributed by atoms with Gasteiger partial charge in [0.1, 0.15) is 6.42 Å². The molecule has 2 aliphatic rings. The van der Waals surface area contributed by atoms with Crippen LogP contribution in [0.15, 0.2) is 24.3 Å². The van der Waals surface area contributed by atoms with Crippen molar-refractivity contribution in [1.29, 1.82) is 0 Å². The first kappa shape index (κ1) is 22.0. The Bertz CT molecular complexity index is 942. The van der Waals surface area contributed by atoms with Crippen LogP contribution in [0.2, 0.25) is 0 Å². The number of fused-ring (bicyclic) bond motifs is 1. The summed E-state index contributed by atoms with van der Waals surface area (Å²) in [5, 5.41) is 0. The molecule has 11 heteroatoms. The van der Waals surface area contributed by atoms with Crippen molar-refractivity contribution in [1.82, 2.24) is 4.90 Å². The van der Waals surface area contributed by atoms with Crippen molar-refractivity contribution in [2.75, 3.05) is 25.9 Å². The zero-order valence-electron chi connectivity index (χ0n) is 16.6. The molecule has 3 rings (SSSR count). The number of imide groups is 1. The Hall–Kier alpha value is -2.71. The van der Waals surface area contributed by atoms with E-state index in [0.29, 0.717) is 4.70 Å². The topological polar surface area (TPSA) is 132 Å². The number of rotatable bonds is 8. The fourth-order valence-corrected chi connectivity index (χ4v) is 6.45. The average Bonchev–Trinajstić information content (AvgIpc) is 3.09. The van der Waals surface area contributed by atoms with Crippen molar-refractivity contribution < 1.29 is 37.7 Å². The molecule has 1 aromatic rings. The van der Waals surface area contributed by atoms with Gasteiger partial charge in [-0.25, -0.2) is 0 Å². The quantitative estimate of drug-likeness (QED) is 0.263. The Kier molecular flexibility index (Phi) is 6.28. The third-order valence-corrected chi connectivity index (χ3v) is 7.95. The largest absolute Gasteiger partial charge is 0.505 e. The summed E-state index contributed by atoms with van der Waals surface area (Å²) in [5.41, 5.74) is 10.9. The van der Waals surface area contributed by atoms with Crippen LogP contribution in [0, 0.1) is 0 Å². The summed E-state index contributed by atoms with van der Waals surface area (Å²) < 4.78 is 24.0. The third kappa shape index (κ3) is 3.85. The van der Waals surface area contributed by atoms with E-state index in [-0.39, 0.29) is 30.5 Å². The molecule has 0 saturated carbocycles. The fourth-order valence-electron chi connectivity index (χ4n) is 3.69. The number of hydrogen-bond donors (Lipinski definition) is 0. The maximum atomic E-state index is 13.2. The van der Waals surface area contributed by atoms with Crippen LogP contribution >= 0.6 is 7.37 Å². The van der Waals surface area contributed by atoms with Crippen LogP contribution in [0.25, 0.3) is 5.53 Å². The Morgan fingerprint density at radius 1 is 1.17 bits per heavy atom. The molecule has 2 heterocycles. The minimum atomic E-state index is -3.59. The maximum absolute atomic E-state index is 13.2. The molecule has 2 amide bonds. The van der Waals surface area contributed by atoms with E-state index < -0.39 is 55.7 Å². The van der Waals surface area contributed by atoms with Gasteiger partial charge in [0.05, 0.1) is 37.0 Å². The second-order valence-electron chi connectivity index (χ2n) is 6.92. The zero-order chi connectivity index (χ0) is 22.1. The predicted molar refractivity (Wildman–Crippen MR) is 103 cm³/mol. The van der Waals surface area contributed by atoms with Gasteiger partial charge >= 0.3 is 5.97 Å². The molecular weight excluding hydrogens is 413 g/mol. The molecule has 0 aromatic heterocycles. The summed E-state index contributed by atoms with van der Waals surface area (Å²) >= 11 is 0. The summed E-state index contributed by atoms with van der Waals surface area (Å²) in [6, 6.07) is 4.92. The van der Waals surface area contributed by atoms with Gasteiger partial charge in [0.25, 0.3) is 19.2 Å². The van der Waals surface area contributed by atoms with E-state index in [2.05, 4.69) is 0 Å². The average molecular weight is 435 g/mol. The van der Waals surface area contributed by atoms with Gasteiger partial charge in [-0.2, -0.15) is 0 Å². The number of hydrogen-bond acceptors (Lipinski definition) is 7. The molecule has 160 valence electrons. The summed E-state index contributed by atoms with van der Waals surface area (Å²) in [5.74, 6) is -3.83. The fraction of sp³-hybridized carbons (Fsp3) is 0.474. The molecule has 1 aromatic carbocycles. The van der Waals surface area contributed by atoms with Crippen molar-refractivity contribution in [2.24, 2.45) is 0 Å². The summed E-state index contributed by atoms with van der Waals surface area (Å²) in [6.07, 6.45) is -0.748. The smallest absolute Gasteiger partial charge is 0.313 e. The Labute approximate surface area is 173 Å². The van der Waals surface area contributed by atoms with E-state index >= 15 is 0 Å². The van der Waals surface area contributed by atoms with Gasteiger partial charge in [-0.3, -0.25) is 28.6 Å². The number of ether oxygens (including phenoxy) is 1. The molecule has 2 aliphatic heterocycles. The molecule has 30 heavy (non-hydrogen) atoms. The molecule has 0 spiro atoms. The van der Waals surface area contributed by atoms with Crippen molar-refractivity contribution in [3.63, 3.8) is 0 Å². The van der Waals surface area contributed by atoms with Crippen LogP contribution < -0.4 is 0 Å². The normalized spacial score (nSPS) is 25.5. The van der Waals surface area contributed by atoms with Gasteiger partial charge in [0.2, 0.25) is 17.6 Å². The lowest BCUT2D eigenvalue weighted by molar-refractivity contribution is -0.574. The van der Waals surface area contributed by atoms with E-state index in [0.717, 1.165) is 4.90 Å².